The number of nitrogens with one attached hydrogen (secondary N) is 2. The van der Waals surface area contributed by atoms with Gasteiger partial charge in [0.25, 0.3) is 5.56 Å². The third-order valence-electron chi connectivity index (χ3n) is 2.58. The van der Waals surface area contributed by atoms with Crippen LogP contribution in [0.15, 0.2) is 10.9 Å². The molecule has 2 N–H and O–H groups in total. The molecule has 0 radical (unpaired) electrons. The number of nitrogens with zero attached hydrogens (tertiary/aromatic N) is 1. The lowest BCUT2D eigenvalue weighted by molar-refractivity contribution is 0.0486. The van der Waals surface area contributed by atoms with Gasteiger partial charge < -0.3 is 19.8 Å². The number of aromatic nitrogens is 2. The van der Waals surface area contributed by atoms with Crippen LogP contribution in [-0.4, -0.2) is 28.8 Å². The summed E-state index contributed by atoms with van der Waals surface area (Å²) in [5.41, 5.74) is -0.936. The summed E-state index contributed by atoms with van der Waals surface area (Å²) in [6.07, 6.45) is -0.563. The number of rotatable bonds is 4. The van der Waals surface area contributed by atoms with E-state index in [1.807, 2.05) is 13.8 Å². The molecule has 1 amide bonds. The Hall–Kier alpha value is -2.05. The van der Waals surface area contributed by atoms with Crippen molar-refractivity contribution in [3.05, 3.63) is 22.2 Å². The lowest BCUT2D eigenvalue weighted by Crippen LogP contribution is -2.38. The molecule has 1 aromatic rings. The quantitative estimate of drug-likeness (QED) is 0.886. The molecule has 21 heavy (non-hydrogen) atoms. The van der Waals surface area contributed by atoms with Gasteiger partial charge in [-0.05, 0) is 26.7 Å². The number of ether oxygens (including phenoxy) is 2. The monoisotopic (exact) mass is 297 g/mol. The van der Waals surface area contributed by atoms with Crippen LogP contribution in [0.5, 0.6) is 5.88 Å². The molecule has 0 aromatic carbocycles. The predicted octanol–water partition coefficient (Wildman–Crippen LogP) is 2.00. The van der Waals surface area contributed by atoms with Crippen molar-refractivity contribution < 1.29 is 14.3 Å². The third kappa shape index (κ3) is 5.45. The molecule has 1 heterocycles. The standard InChI is InChI=1S/C14H23N3O4/c1-8(2)11(17-13(19)21-14(3,4)5)12-15-9(18)7-10(16-12)20-6/h7-8,11H,1-6H3,(H,17,19)(H,15,16,18). The Kier molecular flexibility index (Phi) is 5.34. The molecule has 0 spiro atoms. The highest BCUT2D eigenvalue weighted by Gasteiger charge is 2.24. The van der Waals surface area contributed by atoms with Gasteiger partial charge in [-0.15, -0.1) is 0 Å². The lowest BCUT2D eigenvalue weighted by Gasteiger charge is -2.25. The van der Waals surface area contributed by atoms with Gasteiger partial charge in [0.1, 0.15) is 11.4 Å². The van der Waals surface area contributed by atoms with Gasteiger partial charge in [-0.3, -0.25) is 4.79 Å². The Bertz CT molecular complexity index is 546. The van der Waals surface area contributed by atoms with Crippen LogP contribution in [0.25, 0.3) is 0 Å². The van der Waals surface area contributed by atoms with Crippen LogP contribution in [0, 0.1) is 5.92 Å². The van der Waals surface area contributed by atoms with Crippen LogP contribution < -0.4 is 15.6 Å². The average Bonchev–Trinajstić information content (AvgIpc) is 2.32. The molecule has 0 aliphatic carbocycles. The third-order valence-corrected chi connectivity index (χ3v) is 2.58. The second kappa shape index (κ2) is 6.60. The van der Waals surface area contributed by atoms with E-state index in [2.05, 4.69) is 15.3 Å². The average molecular weight is 297 g/mol. The molecule has 7 nitrogen and oxygen atoms in total. The summed E-state index contributed by atoms with van der Waals surface area (Å²) < 4.78 is 10.2. The van der Waals surface area contributed by atoms with Gasteiger partial charge in [0.2, 0.25) is 5.88 Å². The molecule has 1 unspecified atom stereocenters. The molecule has 0 bridgehead atoms. The van der Waals surface area contributed by atoms with Crippen molar-refractivity contribution in [1.82, 2.24) is 15.3 Å². The van der Waals surface area contributed by atoms with Gasteiger partial charge in [0, 0.05) is 0 Å². The number of carbonyl (C=O) groups is 1. The van der Waals surface area contributed by atoms with Gasteiger partial charge in [0.15, 0.2) is 0 Å². The van der Waals surface area contributed by atoms with Crippen LogP contribution in [0.4, 0.5) is 4.79 Å². The molecule has 0 saturated carbocycles. The molecule has 1 rings (SSSR count). The van der Waals surface area contributed by atoms with E-state index in [1.165, 1.54) is 13.2 Å². The molecule has 1 aromatic heterocycles. The SMILES string of the molecule is COc1cc(=O)[nH]c(C(NC(=O)OC(C)(C)C)C(C)C)n1. The first kappa shape index (κ1) is 17.0. The highest BCUT2D eigenvalue weighted by molar-refractivity contribution is 5.68. The number of hydrogen-bond donors (Lipinski definition) is 2. The zero-order chi connectivity index (χ0) is 16.2. The highest BCUT2D eigenvalue weighted by Crippen LogP contribution is 2.20. The second-order valence-electron chi connectivity index (χ2n) is 6.04. The van der Waals surface area contributed by atoms with Crippen molar-refractivity contribution >= 4 is 6.09 Å². The Balaban J connectivity index is 3.00. The van der Waals surface area contributed by atoms with Gasteiger partial charge in [0.05, 0.1) is 19.2 Å². The number of carbonyl (C=O) groups excluding carboxylic acids is 1. The first-order valence-electron chi connectivity index (χ1n) is 6.77. The molecule has 118 valence electrons. The van der Waals surface area contributed by atoms with Crippen LogP contribution >= 0.6 is 0 Å². The zero-order valence-corrected chi connectivity index (χ0v) is 13.3. The predicted molar refractivity (Wildman–Crippen MR) is 78.4 cm³/mol. The molecular formula is C14H23N3O4. The number of aromatic amines is 1. The first-order valence-corrected chi connectivity index (χ1v) is 6.77. The summed E-state index contributed by atoms with van der Waals surface area (Å²) in [5.74, 6) is 0.540. The van der Waals surface area contributed by atoms with E-state index >= 15 is 0 Å². The van der Waals surface area contributed by atoms with Crippen LogP contribution in [-0.2, 0) is 4.74 Å². The summed E-state index contributed by atoms with van der Waals surface area (Å²) in [6, 6.07) is 0.761. The summed E-state index contributed by atoms with van der Waals surface area (Å²) in [7, 11) is 1.43. The van der Waals surface area contributed by atoms with Gasteiger partial charge in [-0.1, -0.05) is 13.8 Å². The molecule has 0 saturated heterocycles. The minimum absolute atomic E-state index is 0.00720. The molecule has 0 aliphatic rings. The van der Waals surface area contributed by atoms with E-state index in [0.29, 0.717) is 5.82 Å². The number of H-pyrrole nitrogens is 1. The van der Waals surface area contributed by atoms with Crippen molar-refractivity contribution in [2.75, 3.05) is 7.11 Å². The fourth-order valence-electron chi connectivity index (χ4n) is 1.69. The van der Waals surface area contributed by atoms with Crippen LogP contribution in [0.2, 0.25) is 0 Å². The summed E-state index contributed by atoms with van der Waals surface area (Å²) in [4.78, 5) is 30.3. The van der Waals surface area contributed by atoms with Crippen LogP contribution in [0.1, 0.15) is 46.5 Å². The van der Waals surface area contributed by atoms with E-state index in [-0.39, 0.29) is 17.4 Å². The molecular weight excluding hydrogens is 274 g/mol. The Labute approximate surface area is 124 Å². The van der Waals surface area contributed by atoms with Crippen molar-refractivity contribution in [3.63, 3.8) is 0 Å². The van der Waals surface area contributed by atoms with Gasteiger partial charge in [-0.2, -0.15) is 4.98 Å². The van der Waals surface area contributed by atoms with Gasteiger partial charge in [-0.25, -0.2) is 4.79 Å². The zero-order valence-electron chi connectivity index (χ0n) is 13.3. The second-order valence-corrected chi connectivity index (χ2v) is 6.04. The number of alkyl carbamates (subject to hydrolysis) is 1. The fraction of sp³-hybridized carbons (Fsp3) is 0.643. The van der Waals surface area contributed by atoms with Gasteiger partial charge >= 0.3 is 6.09 Å². The molecule has 0 aliphatic heterocycles. The number of hydrogen-bond acceptors (Lipinski definition) is 5. The number of methoxy groups -OCH3 is 1. The smallest absolute Gasteiger partial charge is 0.408 e. The number of amides is 1. The van der Waals surface area contributed by atoms with Crippen molar-refractivity contribution in [2.24, 2.45) is 5.92 Å². The van der Waals surface area contributed by atoms with E-state index in [4.69, 9.17) is 9.47 Å². The molecule has 7 heteroatoms. The lowest BCUT2D eigenvalue weighted by atomic mass is 10.0. The normalized spacial score (nSPS) is 12.9. The van der Waals surface area contributed by atoms with Crippen molar-refractivity contribution in [1.29, 1.82) is 0 Å². The summed E-state index contributed by atoms with van der Waals surface area (Å²) in [6.45, 7) is 9.15. The maximum absolute atomic E-state index is 11.9. The molecule has 0 fully saturated rings. The fourth-order valence-corrected chi connectivity index (χ4v) is 1.69. The van der Waals surface area contributed by atoms with E-state index < -0.39 is 17.7 Å². The highest BCUT2D eigenvalue weighted by atomic mass is 16.6. The Morgan fingerprint density at radius 3 is 2.48 bits per heavy atom. The summed E-state index contributed by atoms with van der Waals surface area (Å²) >= 11 is 0. The Morgan fingerprint density at radius 1 is 1.38 bits per heavy atom. The first-order chi connectivity index (χ1) is 9.62. The minimum atomic E-state index is -0.596. The minimum Gasteiger partial charge on any atom is -0.481 e. The maximum Gasteiger partial charge on any atom is 0.408 e. The maximum atomic E-state index is 11.9. The van der Waals surface area contributed by atoms with E-state index in [9.17, 15) is 9.59 Å². The molecule has 1 atom stereocenters. The van der Waals surface area contributed by atoms with E-state index in [1.54, 1.807) is 20.8 Å². The largest absolute Gasteiger partial charge is 0.481 e. The van der Waals surface area contributed by atoms with Crippen molar-refractivity contribution in [2.45, 2.75) is 46.3 Å². The van der Waals surface area contributed by atoms with Crippen molar-refractivity contribution in [3.8, 4) is 5.88 Å². The Morgan fingerprint density at radius 2 is 2.00 bits per heavy atom. The summed E-state index contributed by atoms with van der Waals surface area (Å²) in [5, 5.41) is 2.72. The topological polar surface area (TPSA) is 93.3 Å². The van der Waals surface area contributed by atoms with Crippen LogP contribution in [0.3, 0.4) is 0 Å². The van der Waals surface area contributed by atoms with E-state index in [0.717, 1.165) is 0 Å².